The first kappa shape index (κ1) is 23.2. The van der Waals surface area contributed by atoms with Crippen LogP contribution in [-0.2, 0) is 6.54 Å². The molecule has 178 valence electrons. The van der Waals surface area contributed by atoms with E-state index < -0.39 is 0 Å². The molecule has 1 atom stereocenters. The minimum absolute atomic E-state index is 0.0803. The second kappa shape index (κ2) is 10.8. The van der Waals surface area contributed by atoms with Gasteiger partial charge in [-0.2, -0.15) is 10.1 Å². The van der Waals surface area contributed by atoms with Gasteiger partial charge in [0.15, 0.2) is 5.82 Å². The number of aromatic nitrogens is 5. The van der Waals surface area contributed by atoms with E-state index in [0.717, 1.165) is 61.4 Å². The van der Waals surface area contributed by atoms with E-state index in [4.69, 9.17) is 15.5 Å². The van der Waals surface area contributed by atoms with Crippen molar-refractivity contribution < 1.29 is 9.84 Å². The van der Waals surface area contributed by atoms with Gasteiger partial charge in [-0.15, -0.1) is 0 Å². The van der Waals surface area contributed by atoms with Crippen LogP contribution >= 0.6 is 0 Å². The third-order valence-electron chi connectivity index (χ3n) is 6.19. The predicted molar refractivity (Wildman–Crippen MR) is 128 cm³/mol. The number of hydrogen-bond donors (Lipinski definition) is 4. The highest BCUT2D eigenvalue weighted by atomic mass is 16.5. The van der Waals surface area contributed by atoms with E-state index >= 15 is 0 Å². The Hall–Kier alpha value is -2.98. The van der Waals surface area contributed by atoms with Gasteiger partial charge in [0.2, 0.25) is 5.95 Å². The summed E-state index contributed by atoms with van der Waals surface area (Å²) in [7, 11) is 1.66. The van der Waals surface area contributed by atoms with E-state index in [1.165, 1.54) is 0 Å². The van der Waals surface area contributed by atoms with Crippen LogP contribution in [0.25, 0.3) is 11.0 Å². The van der Waals surface area contributed by atoms with Crippen LogP contribution in [0.15, 0.2) is 18.3 Å². The molecule has 10 nitrogen and oxygen atoms in total. The van der Waals surface area contributed by atoms with Crippen molar-refractivity contribution in [3.8, 4) is 5.75 Å². The Kier molecular flexibility index (Phi) is 7.56. The number of pyridine rings is 1. The maximum absolute atomic E-state index is 9.47. The van der Waals surface area contributed by atoms with Gasteiger partial charge in [0.25, 0.3) is 0 Å². The molecule has 1 aliphatic heterocycles. The smallest absolute Gasteiger partial charge is 0.222 e. The van der Waals surface area contributed by atoms with E-state index in [1.54, 1.807) is 13.3 Å². The fourth-order valence-electron chi connectivity index (χ4n) is 4.52. The molecular weight excluding hydrogens is 420 g/mol. The fourth-order valence-corrected chi connectivity index (χ4v) is 4.52. The summed E-state index contributed by atoms with van der Waals surface area (Å²) < 4.78 is 7.46. The summed E-state index contributed by atoms with van der Waals surface area (Å²) in [4.78, 5) is 13.8. The van der Waals surface area contributed by atoms with Crippen molar-refractivity contribution in [1.82, 2.24) is 30.0 Å². The van der Waals surface area contributed by atoms with Crippen molar-refractivity contribution in [1.29, 1.82) is 0 Å². The number of nitrogens with one attached hydrogen (secondary N) is 2. The average molecular weight is 455 g/mol. The third-order valence-corrected chi connectivity index (χ3v) is 6.19. The van der Waals surface area contributed by atoms with Crippen molar-refractivity contribution in [3.63, 3.8) is 0 Å². The van der Waals surface area contributed by atoms with Gasteiger partial charge in [-0.05, 0) is 50.9 Å². The Bertz CT molecular complexity index is 1060. The van der Waals surface area contributed by atoms with Crippen molar-refractivity contribution >= 4 is 22.8 Å². The third kappa shape index (κ3) is 5.33. The molecule has 0 saturated carbocycles. The van der Waals surface area contributed by atoms with E-state index in [2.05, 4.69) is 38.7 Å². The zero-order chi connectivity index (χ0) is 23.2. The zero-order valence-corrected chi connectivity index (χ0v) is 19.4. The molecule has 4 heterocycles. The average Bonchev–Trinajstić information content (AvgIpc) is 3.22. The van der Waals surface area contributed by atoms with E-state index in [9.17, 15) is 5.11 Å². The number of methoxy groups -OCH3 is 1. The van der Waals surface area contributed by atoms with Crippen molar-refractivity contribution in [2.45, 2.75) is 57.5 Å². The van der Waals surface area contributed by atoms with Gasteiger partial charge in [-0.3, -0.25) is 9.67 Å². The van der Waals surface area contributed by atoms with Crippen LogP contribution in [0, 0.1) is 0 Å². The molecule has 1 fully saturated rings. The number of hydrogen-bond acceptors (Lipinski definition) is 9. The van der Waals surface area contributed by atoms with E-state index in [-0.39, 0.29) is 18.6 Å². The second-order valence-electron chi connectivity index (χ2n) is 8.52. The van der Waals surface area contributed by atoms with Gasteiger partial charge in [-0.1, -0.05) is 13.3 Å². The Morgan fingerprint density at radius 2 is 2.06 bits per heavy atom. The van der Waals surface area contributed by atoms with Gasteiger partial charge in [0.1, 0.15) is 22.5 Å². The summed E-state index contributed by atoms with van der Waals surface area (Å²) in [5, 5.41) is 20.9. The van der Waals surface area contributed by atoms with Crippen LogP contribution in [-0.4, -0.2) is 62.7 Å². The lowest BCUT2D eigenvalue weighted by molar-refractivity contribution is 0.276. The molecule has 10 heteroatoms. The molecule has 3 aromatic rings. The molecule has 0 amide bonds. The number of nitrogen functional groups attached to an aromatic ring is 1. The number of ether oxygens (including phenoxy) is 1. The highest BCUT2D eigenvalue weighted by molar-refractivity contribution is 5.86. The van der Waals surface area contributed by atoms with Crippen LogP contribution in [0.1, 0.15) is 56.3 Å². The molecule has 0 spiro atoms. The Morgan fingerprint density at radius 3 is 2.79 bits per heavy atom. The van der Waals surface area contributed by atoms with Crippen molar-refractivity contribution in [2.75, 3.05) is 37.9 Å². The largest absolute Gasteiger partial charge is 0.495 e. The van der Waals surface area contributed by atoms with Gasteiger partial charge < -0.3 is 26.2 Å². The first-order valence-electron chi connectivity index (χ1n) is 11.7. The number of nitrogens with zero attached hydrogens (tertiary/aromatic N) is 5. The SMILES string of the molecule is CCCC(CCO)Nc1nc(N)nc2cnn(Cc3nc(C4CCNCC4)ccc3OC)c12. The number of anilines is 2. The predicted octanol–water partition coefficient (Wildman–Crippen LogP) is 2.29. The van der Waals surface area contributed by atoms with Crippen molar-refractivity contribution in [3.05, 3.63) is 29.7 Å². The highest BCUT2D eigenvalue weighted by Crippen LogP contribution is 2.29. The monoisotopic (exact) mass is 454 g/mol. The zero-order valence-electron chi connectivity index (χ0n) is 19.4. The first-order valence-corrected chi connectivity index (χ1v) is 11.7. The molecular formula is C23H34N8O2. The number of aliphatic hydroxyl groups is 1. The van der Waals surface area contributed by atoms with Crippen LogP contribution in [0.5, 0.6) is 5.75 Å². The molecule has 0 aliphatic carbocycles. The topological polar surface area (TPSA) is 136 Å². The summed E-state index contributed by atoms with van der Waals surface area (Å²) in [5.41, 5.74) is 9.31. The Labute approximate surface area is 194 Å². The summed E-state index contributed by atoms with van der Waals surface area (Å²) in [6, 6.07) is 4.15. The maximum Gasteiger partial charge on any atom is 0.222 e. The lowest BCUT2D eigenvalue weighted by Crippen LogP contribution is -2.27. The number of rotatable bonds is 10. The molecule has 0 aromatic carbocycles. The Balaban J connectivity index is 1.69. The maximum atomic E-state index is 9.47. The molecule has 5 N–H and O–H groups in total. The number of piperidine rings is 1. The number of nitrogens with two attached hydrogens (primary N) is 1. The number of fused-ring (bicyclic) bond motifs is 1. The normalized spacial score (nSPS) is 15.6. The summed E-state index contributed by atoms with van der Waals surface area (Å²) in [6.45, 7) is 4.67. The van der Waals surface area contributed by atoms with Gasteiger partial charge in [0, 0.05) is 24.3 Å². The molecule has 3 aromatic heterocycles. The molecule has 0 radical (unpaired) electrons. The molecule has 1 aliphatic rings. The van der Waals surface area contributed by atoms with E-state index in [1.807, 2.05) is 10.7 Å². The standard InChI is InChI=1S/C23H34N8O2/c1-3-4-16(9-12-32)27-22-21-18(29-23(24)30-22)13-26-31(21)14-19-20(33-2)6-5-17(28-19)15-7-10-25-11-8-15/h5-6,13,15-16,25,32H,3-4,7-12,14H2,1-2H3,(H3,24,27,29,30). The van der Waals surface area contributed by atoms with Gasteiger partial charge in [-0.25, -0.2) is 4.98 Å². The quantitative estimate of drug-likeness (QED) is 0.364. The van der Waals surface area contributed by atoms with Crippen LogP contribution < -0.4 is 21.1 Å². The van der Waals surface area contributed by atoms with Gasteiger partial charge in [0.05, 0.1) is 19.9 Å². The minimum Gasteiger partial charge on any atom is -0.495 e. The van der Waals surface area contributed by atoms with Crippen molar-refractivity contribution in [2.24, 2.45) is 0 Å². The molecule has 4 rings (SSSR count). The molecule has 1 saturated heterocycles. The number of aliphatic hydroxyl groups excluding tert-OH is 1. The highest BCUT2D eigenvalue weighted by Gasteiger charge is 2.21. The lowest BCUT2D eigenvalue weighted by atomic mass is 9.94. The summed E-state index contributed by atoms with van der Waals surface area (Å²) in [5.74, 6) is 1.98. The van der Waals surface area contributed by atoms with Crippen LogP contribution in [0.4, 0.5) is 11.8 Å². The van der Waals surface area contributed by atoms with Crippen LogP contribution in [0.2, 0.25) is 0 Å². The first-order chi connectivity index (χ1) is 16.1. The second-order valence-corrected chi connectivity index (χ2v) is 8.52. The molecule has 0 bridgehead atoms. The lowest BCUT2D eigenvalue weighted by Gasteiger charge is -2.23. The molecule has 33 heavy (non-hydrogen) atoms. The summed E-state index contributed by atoms with van der Waals surface area (Å²) in [6.07, 6.45) is 6.38. The minimum atomic E-state index is 0.0803. The summed E-state index contributed by atoms with van der Waals surface area (Å²) >= 11 is 0. The van der Waals surface area contributed by atoms with Gasteiger partial charge >= 0.3 is 0 Å². The Morgan fingerprint density at radius 1 is 1.24 bits per heavy atom. The fraction of sp³-hybridized carbons (Fsp3) is 0.565. The van der Waals surface area contributed by atoms with Crippen LogP contribution in [0.3, 0.4) is 0 Å². The van der Waals surface area contributed by atoms with E-state index in [0.29, 0.717) is 30.2 Å². The molecule has 1 unspecified atom stereocenters.